The summed E-state index contributed by atoms with van der Waals surface area (Å²) < 4.78 is 12.1. The van der Waals surface area contributed by atoms with Crippen LogP contribution in [0.25, 0.3) is 0 Å². The van der Waals surface area contributed by atoms with Crippen molar-refractivity contribution in [3.8, 4) is 11.5 Å². The molecule has 2 nitrogen and oxygen atoms in total. The molecule has 2 unspecified atom stereocenters. The lowest BCUT2D eigenvalue weighted by molar-refractivity contribution is 0.180. The van der Waals surface area contributed by atoms with Crippen LogP contribution in [0, 0.1) is 23.7 Å². The van der Waals surface area contributed by atoms with Gasteiger partial charge in [-0.3, -0.25) is 0 Å². The number of ether oxygens (including phenoxy) is 2. The highest BCUT2D eigenvalue weighted by atomic mass is 16.5. The van der Waals surface area contributed by atoms with Crippen molar-refractivity contribution >= 4 is 0 Å². The van der Waals surface area contributed by atoms with Gasteiger partial charge in [0.25, 0.3) is 0 Å². The third-order valence-electron chi connectivity index (χ3n) is 7.84. The zero-order valence-electron chi connectivity index (χ0n) is 19.7. The topological polar surface area (TPSA) is 18.5 Å². The van der Waals surface area contributed by atoms with Gasteiger partial charge >= 0.3 is 0 Å². The zero-order valence-corrected chi connectivity index (χ0v) is 19.7. The molecule has 3 rings (SSSR count). The molecule has 0 spiro atoms. The molecule has 2 heteroatoms. The fourth-order valence-corrected chi connectivity index (χ4v) is 5.70. The van der Waals surface area contributed by atoms with Crippen LogP contribution in [0.4, 0.5) is 0 Å². The number of benzene rings is 1. The molecule has 0 radical (unpaired) electrons. The fourth-order valence-electron chi connectivity index (χ4n) is 5.70. The average Bonchev–Trinajstić information content (AvgIpc) is 2.81. The summed E-state index contributed by atoms with van der Waals surface area (Å²) >= 11 is 0. The van der Waals surface area contributed by atoms with Crippen LogP contribution in [0.15, 0.2) is 24.3 Å². The molecule has 0 N–H and O–H groups in total. The van der Waals surface area contributed by atoms with Crippen LogP contribution < -0.4 is 9.47 Å². The van der Waals surface area contributed by atoms with Crippen molar-refractivity contribution in [3.63, 3.8) is 0 Å². The van der Waals surface area contributed by atoms with Crippen molar-refractivity contribution < 1.29 is 9.47 Å². The number of hydrogen-bond donors (Lipinski definition) is 0. The molecule has 2 aliphatic carbocycles. The molecule has 0 aliphatic heterocycles. The van der Waals surface area contributed by atoms with Crippen LogP contribution in [0.2, 0.25) is 0 Å². The molecule has 1 aromatic carbocycles. The second-order valence-electron chi connectivity index (χ2n) is 10.0. The molecule has 2 saturated carbocycles. The van der Waals surface area contributed by atoms with Crippen LogP contribution in [-0.4, -0.2) is 13.2 Å². The summed E-state index contributed by atoms with van der Waals surface area (Å²) in [5.74, 6) is 5.59. The van der Waals surface area contributed by atoms with Crippen molar-refractivity contribution in [1.82, 2.24) is 0 Å². The fraction of sp³-hybridized carbons (Fsp3) is 0.786. The molecule has 0 heterocycles. The Morgan fingerprint density at radius 2 is 1.27 bits per heavy atom. The van der Waals surface area contributed by atoms with Gasteiger partial charge in [0.2, 0.25) is 0 Å². The molecule has 0 saturated heterocycles. The lowest BCUT2D eigenvalue weighted by Gasteiger charge is -2.31. The molecule has 170 valence electrons. The van der Waals surface area contributed by atoms with E-state index >= 15 is 0 Å². The summed E-state index contributed by atoms with van der Waals surface area (Å²) in [4.78, 5) is 0. The summed E-state index contributed by atoms with van der Waals surface area (Å²) in [5, 5.41) is 0. The molecular weight excluding hydrogens is 368 g/mol. The Morgan fingerprint density at radius 3 is 1.87 bits per heavy atom. The van der Waals surface area contributed by atoms with Crippen molar-refractivity contribution in [2.24, 2.45) is 23.7 Å². The van der Waals surface area contributed by atoms with Crippen LogP contribution in [-0.2, 0) is 0 Å². The van der Waals surface area contributed by atoms with Crippen LogP contribution in [0.1, 0.15) is 104 Å². The van der Waals surface area contributed by atoms with Gasteiger partial charge in [-0.05, 0) is 73.6 Å². The van der Waals surface area contributed by atoms with Gasteiger partial charge < -0.3 is 9.47 Å². The summed E-state index contributed by atoms with van der Waals surface area (Å²) in [6.07, 6.45) is 19.3. The molecule has 0 aromatic heterocycles. The summed E-state index contributed by atoms with van der Waals surface area (Å²) in [6, 6.07) is 8.31. The number of hydrogen-bond acceptors (Lipinski definition) is 2. The third kappa shape index (κ3) is 7.82. The van der Waals surface area contributed by atoms with Gasteiger partial charge in [0.15, 0.2) is 0 Å². The molecule has 2 atom stereocenters. The van der Waals surface area contributed by atoms with E-state index in [0.717, 1.165) is 48.4 Å². The van der Waals surface area contributed by atoms with Gasteiger partial charge in [-0.25, -0.2) is 0 Å². The SMILES string of the molecule is CCCCC1CCCCC1CCCOc1ccc(OCC2CCC(CC)CC2)cc1. The van der Waals surface area contributed by atoms with E-state index < -0.39 is 0 Å². The van der Waals surface area contributed by atoms with E-state index in [4.69, 9.17) is 9.47 Å². The van der Waals surface area contributed by atoms with Gasteiger partial charge in [0.1, 0.15) is 11.5 Å². The lowest BCUT2D eigenvalue weighted by atomic mass is 9.75. The Bertz CT molecular complexity index is 559. The van der Waals surface area contributed by atoms with E-state index in [-0.39, 0.29) is 0 Å². The van der Waals surface area contributed by atoms with Crippen molar-refractivity contribution in [3.05, 3.63) is 24.3 Å². The minimum Gasteiger partial charge on any atom is -0.494 e. The Hall–Kier alpha value is -1.18. The van der Waals surface area contributed by atoms with Gasteiger partial charge in [-0.1, -0.05) is 78.1 Å². The maximum absolute atomic E-state index is 6.06. The molecule has 30 heavy (non-hydrogen) atoms. The maximum Gasteiger partial charge on any atom is 0.119 e. The summed E-state index contributed by atoms with van der Waals surface area (Å²) in [5.41, 5.74) is 0. The minimum atomic E-state index is 0.740. The first-order valence-corrected chi connectivity index (χ1v) is 13.1. The first-order valence-electron chi connectivity index (χ1n) is 13.1. The standard InChI is InChI=1S/C28H46O2/c1-3-5-9-25-10-6-7-11-26(25)12-8-21-29-27-17-19-28(20-18-27)30-22-24-15-13-23(4-2)14-16-24/h17-20,23-26H,3-16,21-22H2,1-2H3. The summed E-state index contributed by atoms with van der Waals surface area (Å²) in [6.45, 7) is 6.36. The highest BCUT2D eigenvalue weighted by Crippen LogP contribution is 2.36. The van der Waals surface area contributed by atoms with Gasteiger partial charge in [-0.15, -0.1) is 0 Å². The van der Waals surface area contributed by atoms with E-state index in [2.05, 4.69) is 38.1 Å². The van der Waals surface area contributed by atoms with Gasteiger partial charge in [0, 0.05) is 0 Å². The molecule has 2 aliphatic rings. The second kappa shape index (κ2) is 13.3. The average molecular weight is 415 g/mol. The van der Waals surface area contributed by atoms with Crippen molar-refractivity contribution in [2.45, 2.75) is 104 Å². The zero-order chi connectivity index (χ0) is 21.0. The monoisotopic (exact) mass is 414 g/mol. The van der Waals surface area contributed by atoms with Crippen molar-refractivity contribution in [1.29, 1.82) is 0 Å². The minimum absolute atomic E-state index is 0.740. The Kier molecular flexibility index (Phi) is 10.4. The molecular formula is C28H46O2. The Balaban J connectivity index is 1.31. The molecule has 0 amide bonds. The largest absolute Gasteiger partial charge is 0.494 e. The predicted octanol–water partition coefficient (Wildman–Crippen LogP) is 8.44. The number of unbranched alkanes of at least 4 members (excludes halogenated alkanes) is 1. The maximum atomic E-state index is 6.06. The van der Waals surface area contributed by atoms with Crippen LogP contribution >= 0.6 is 0 Å². The number of rotatable bonds is 12. The molecule has 0 bridgehead atoms. The van der Waals surface area contributed by atoms with E-state index in [1.54, 1.807) is 0 Å². The van der Waals surface area contributed by atoms with E-state index in [1.165, 1.54) is 89.9 Å². The highest BCUT2D eigenvalue weighted by molar-refractivity contribution is 5.31. The highest BCUT2D eigenvalue weighted by Gasteiger charge is 2.24. The normalized spacial score (nSPS) is 27.0. The third-order valence-corrected chi connectivity index (χ3v) is 7.84. The lowest BCUT2D eigenvalue weighted by Crippen LogP contribution is -2.20. The Labute approximate surface area is 186 Å². The van der Waals surface area contributed by atoms with Gasteiger partial charge in [-0.2, -0.15) is 0 Å². The first-order chi connectivity index (χ1) is 14.8. The Morgan fingerprint density at radius 1 is 0.700 bits per heavy atom. The van der Waals surface area contributed by atoms with Crippen LogP contribution in [0.3, 0.4) is 0 Å². The smallest absolute Gasteiger partial charge is 0.119 e. The van der Waals surface area contributed by atoms with Gasteiger partial charge in [0.05, 0.1) is 13.2 Å². The second-order valence-corrected chi connectivity index (χ2v) is 10.0. The molecule has 2 fully saturated rings. The molecule has 1 aromatic rings. The first kappa shape index (κ1) is 23.5. The van der Waals surface area contributed by atoms with E-state index in [1.807, 2.05) is 0 Å². The van der Waals surface area contributed by atoms with E-state index in [9.17, 15) is 0 Å². The van der Waals surface area contributed by atoms with Crippen molar-refractivity contribution in [2.75, 3.05) is 13.2 Å². The summed E-state index contributed by atoms with van der Waals surface area (Å²) in [7, 11) is 0. The predicted molar refractivity (Wildman–Crippen MR) is 127 cm³/mol. The van der Waals surface area contributed by atoms with Crippen LogP contribution in [0.5, 0.6) is 11.5 Å². The quantitative estimate of drug-likeness (QED) is 0.319. The van der Waals surface area contributed by atoms with E-state index in [0.29, 0.717) is 0 Å².